The van der Waals surface area contributed by atoms with Crippen LogP contribution in [0.2, 0.25) is 0 Å². The average Bonchev–Trinajstić information content (AvgIpc) is 2.85. The van der Waals surface area contributed by atoms with Gasteiger partial charge in [0.15, 0.2) is 0 Å². The largest absolute Gasteiger partial charge is 0.387 e. The van der Waals surface area contributed by atoms with Crippen LogP contribution >= 0.6 is 0 Å². The van der Waals surface area contributed by atoms with Crippen molar-refractivity contribution < 1.29 is 4.79 Å². The van der Waals surface area contributed by atoms with Crippen LogP contribution in [0.3, 0.4) is 0 Å². The molecule has 0 aromatic carbocycles. The normalized spacial score (nSPS) is 21.3. The number of hydrogen-bond acceptors (Lipinski definition) is 3. The maximum absolute atomic E-state index is 12.0. The third-order valence-electron chi connectivity index (χ3n) is 3.15. The standard InChI is InChI=1S/C12H17N3O/c1-12(2)6-10(12)15-11(16)8-7-14-5-4-9(8)13-3/h4-5,7,10H,6H2,1-3H3,(H,13,14)(H,15,16). The van der Waals surface area contributed by atoms with E-state index in [-0.39, 0.29) is 11.3 Å². The van der Waals surface area contributed by atoms with E-state index in [4.69, 9.17) is 0 Å². The van der Waals surface area contributed by atoms with Gasteiger partial charge in [-0.3, -0.25) is 9.78 Å². The number of aromatic nitrogens is 1. The van der Waals surface area contributed by atoms with Crippen molar-refractivity contribution in [1.82, 2.24) is 10.3 Å². The summed E-state index contributed by atoms with van der Waals surface area (Å²) in [4.78, 5) is 15.9. The maximum atomic E-state index is 12.0. The van der Waals surface area contributed by atoms with Crippen LogP contribution in [-0.2, 0) is 0 Å². The minimum atomic E-state index is -0.0481. The molecule has 4 nitrogen and oxygen atoms in total. The number of carbonyl (C=O) groups is 1. The number of amides is 1. The first-order chi connectivity index (χ1) is 7.54. The third-order valence-corrected chi connectivity index (χ3v) is 3.15. The summed E-state index contributed by atoms with van der Waals surface area (Å²) < 4.78 is 0. The smallest absolute Gasteiger partial charge is 0.255 e. The monoisotopic (exact) mass is 219 g/mol. The minimum absolute atomic E-state index is 0.0481. The van der Waals surface area contributed by atoms with E-state index >= 15 is 0 Å². The predicted octanol–water partition coefficient (Wildman–Crippen LogP) is 1.65. The molecule has 0 bridgehead atoms. The molecule has 1 aliphatic carbocycles. The molecule has 1 amide bonds. The van der Waals surface area contributed by atoms with E-state index < -0.39 is 0 Å². The van der Waals surface area contributed by atoms with Gasteiger partial charge in [-0.2, -0.15) is 0 Å². The van der Waals surface area contributed by atoms with Gasteiger partial charge < -0.3 is 10.6 Å². The van der Waals surface area contributed by atoms with Crippen molar-refractivity contribution in [2.45, 2.75) is 26.3 Å². The molecular formula is C12H17N3O. The summed E-state index contributed by atoms with van der Waals surface area (Å²) in [6.07, 6.45) is 4.31. The Morgan fingerprint density at radius 1 is 1.56 bits per heavy atom. The Morgan fingerprint density at radius 3 is 2.81 bits per heavy atom. The second-order valence-electron chi connectivity index (χ2n) is 4.89. The zero-order chi connectivity index (χ0) is 11.8. The molecule has 1 fully saturated rings. The fourth-order valence-corrected chi connectivity index (χ4v) is 1.74. The number of nitrogens with zero attached hydrogens (tertiary/aromatic N) is 1. The highest BCUT2D eigenvalue weighted by Gasteiger charge is 2.46. The molecule has 1 aliphatic rings. The first kappa shape index (κ1) is 10.9. The molecule has 0 radical (unpaired) electrons. The molecular weight excluding hydrogens is 202 g/mol. The van der Waals surface area contributed by atoms with Crippen LogP contribution in [0.1, 0.15) is 30.6 Å². The predicted molar refractivity (Wildman–Crippen MR) is 63.4 cm³/mol. The fourth-order valence-electron chi connectivity index (χ4n) is 1.74. The molecule has 2 rings (SSSR count). The van der Waals surface area contributed by atoms with Gasteiger partial charge in [-0.1, -0.05) is 13.8 Å². The van der Waals surface area contributed by atoms with E-state index in [1.807, 2.05) is 0 Å². The molecule has 1 aromatic rings. The summed E-state index contributed by atoms with van der Waals surface area (Å²) >= 11 is 0. The van der Waals surface area contributed by atoms with Crippen LogP contribution in [0.5, 0.6) is 0 Å². The van der Waals surface area contributed by atoms with Gasteiger partial charge in [-0.25, -0.2) is 0 Å². The van der Waals surface area contributed by atoms with Crippen LogP contribution in [0.15, 0.2) is 18.5 Å². The number of rotatable bonds is 3. The van der Waals surface area contributed by atoms with Gasteiger partial charge in [0, 0.05) is 31.2 Å². The van der Waals surface area contributed by atoms with E-state index in [1.54, 1.807) is 25.5 Å². The number of hydrogen-bond donors (Lipinski definition) is 2. The Kier molecular flexibility index (Phi) is 2.58. The summed E-state index contributed by atoms with van der Waals surface area (Å²) in [5.74, 6) is -0.0481. The van der Waals surface area contributed by atoms with Gasteiger partial charge in [0.25, 0.3) is 5.91 Å². The number of nitrogens with one attached hydrogen (secondary N) is 2. The maximum Gasteiger partial charge on any atom is 0.255 e. The zero-order valence-electron chi connectivity index (χ0n) is 9.87. The van der Waals surface area contributed by atoms with Gasteiger partial charge in [-0.05, 0) is 17.9 Å². The molecule has 1 aromatic heterocycles. The molecule has 86 valence electrons. The SMILES string of the molecule is CNc1ccncc1C(=O)NC1CC1(C)C. The van der Waals surface area contributed by atoms with Gasteiger partial charge in [0.1, 0.15) is 0 Å². The summed E-state index contributed by atoms with van der Waals surface area (Å²) in [6, 6.07) is 2.09. The van der Waals surface area contributed by atoms with Crippen molar-refractivity contribution >= 4 is 11.6 Å². The van der Waals surface area contributed by atoms with E-state index in [1.165, 1.54) is 0 Å². The van der Waals surface area contributed by atoms with Crippen LogP contribution in [-0.4, -0.2) is 24.0 Å². The topological polar surface area (TPSA) is 54.0 Å². The van der Waals surface area contributed by atoms with Crippen LogP contribution < -0.4 is 10.6 Å². The summed E-state index contributed by atoms with van der Waals surface area (Å²) in [6.45, 7) is 4.31. The highest BCUT2D eigenvalue weighted by Crippen LogP contribution is 2.44. The second kappa shape index (κ2) is 3.77. The lowest BCUT2D eigenvalue weighted by atomic mass is 10.1. The molecule has 0 spiro atoms. The van der Waals surface area contributed by atoms with E-state index in [9.17, 15) is 4.79 Å². The van der Waals surface area contributed by atoms with Crippen LogP contribution in [0.25, 0.3) is 0 Å². The van der Waals surface area contributed by atoms with E-state index in [0.29, 0.717) is 11.6 Å². The minimum Gasteiger partial charge on any atom is -0.387 e. The van der Waals surface area contributed by atoms with Gasteiger partial charge in [0.2, 0.25) is 0 Å². The quantitative estimate of drug-likeness (QED) is 0.812. The average molecular weight is 219 g/mol. The molecule has 1 atom stereocenters. The first-order valence-corrected chi connectivity index (χ1v) is 5.47. The molecule has 1 saturated carbocycles. The third kappa shape index (κ3) is 2.01. The molecule has 16 heavy (non-hydrogen) atoms. The second-order valence-corrected chi connectivity index (χ2v) is 4.89. The summed E-state index contributed by atoms with van der Waals surface area (Å²) in [5.41, 5.74) is 1.66. The van der Waals surface area contributed by atoms with Crippen molar-refractivity contribution in [2.24, 2.45) is 5.41 Å². The fraction of sp³-hybridized carbons (Fsp3) is 0.500. The summed E-state index contributed by atoms with van der Waals surface area (Å²) in [7, 11) is 1.80. The number of anilines is 1. The molecule has 0 saturated heterocycles. The zero-order valence-corrected chi connectivity index (χ0v) is 9.87. The lowest BCUT2D eigenvalue weighted by Crippen LogP contribution is -2.29. The first-order valence-electron chi connectivity index (χ1n) is 5.47. The Labute approximate surface area is 95.5 Å². The molecule has 4 heteroatoms. The van der Waals surface area contributed by atoms with Crippen molar-refractivity contribution in [1.29, 1.82) is 0 Å². The Hall–Kier alpha value is -1.58. The van der Waals surface area contributed by atoms with Crippen molar-refractivity contribution in [2.75, 3.05) is 12.4 Å². The highest BCUT2D eigenvalue weighted by atomic mass is 16.1. The molecule has 0 aliphatic heterocycles. The van der Waals surface area contributed by atoms with Crippen molar-refractivity contribution in [3.8, 4) is 0 Å². The Balaban J connectivity index is 2.09. The molecule has 1 heterocycles. The number of pyridine rings is 1. The Morgan fingerprint density at radius 2 is 2.25 bits per heavy atom. The summed E-state index contributed by atoms with van der Waals surface area (Å²) in [5, 5.41) is 6.01. The van der Waals surface area contributed by atoms with Gasteiger partial charge in [-0.15, -0.1) is 0 Å². The van der Waals surface area contributed by atoms with E-state index in [0.717, 1.165) is 12.1 Å². The van der Waals surface area contributed by atoms with Crippen LogP contribution in [0, 0.1) is 5.41 Å². The van der Waals surface area contributed by atoms with Gasteiger partial charge >= 0.3 is 0 Å². The molecule has 2 N–H and O–H groups in total. The van der Waals surface area contributed by atoms with Crippen molar-refractivity contribution in [3.05, 3.63) is 24.0 Å². The van der Waals surface area contributed by atoms with E-state index in [2.05, 4.69) is 29.5 Å². The number of carbonyl (C=O) groups excluding carboxylic acids is 1. The Bertz CT molecular complexity index is 414. The van der Waals surface area contributed by atoms with Crippen molar-refractivity contribution in [3.63, 3.8) is 0 Å². The van der Waals surface area contributed by atoms with Crippen LogP contribution in [0.4, 0.5) is 5.69 Å². The lowest BCUT2D eigenvalue weighted by molar-refractivity contribution is 0.0947. The lowest BCUT2D eigenvalue weighted by Gasteiger charge is -2.10. The highest BCUT2D eigenvalue weighted by molar-refractivity contribution is 5.99. The van der Waals surface area contributed by atoms with Gasteiger partial charge in [0.05, 0.1) is 5.56 Å². The molecule has 1 unspecified atom stereocenters.